The van der Waals surface area contributed by atoms with E-state index in [1.165, 1.54) is 0 Å². The first kappa shape index (κ1) is 15.7. The van der Waals surface area contributed by atoms with E-state index in [1.54, 1.807) is 32.7 Å². The molecule has 0 unspecified atom stereocenters. The Morgan fingerprint density at radius 3 is 2.71 bits per heavy atom. The maximum absolute atomic E-state index is 12.0. The van der Waals surface area contributed by atoms with E-state index in [9.17, 15) is 4.79 Å². The van der Waals surface area contributed by atoms with E-state index in [-0.39, 0.29) is 5.91 Å². The highest BCUT2D eigenvalue weighted by atomic mass is 16.5. The van der Waals surface area contributed by atoms with Crippen molar-refractivity contribution in [2.45, 2.75) is 6.42 Å². The van der Waals surface area contributed by atoms with Crippen molar-refractivity contribution in [1.29, 1.82) is 0 Å². The molecule has 0 bridgehead atoms. The molecule has 0 atom stereocenters. The van der Waals surface area contributed by atoms with E-state index < -0.39 is 0 Å². The summed E-state index contributed by atoms with van der Waals surface area (Å²) in [5, 5.41) is 2.79. The lowest BCUT2D eigenvalue weighted by atomic mass is 10.1. The summed E-state index contributed by atoms with van der Waals surface area (Å²) in [7, 11) is 3.18. The summed E-state index contributed by atoms with van der Waals surface area (Å²) >= 11 is 0. The fourth-order valence-electron chi connectivity index (χ4n) is 2.40. The average molecular weight is 323 g/mol. The van der Waals surface area contributed by atoms with Crippen LogP contribution in [0.1, 0.15) is 11.1 Å². The standard InChI is InChI=1S/C18H17N3O3/c1-23-15-6-5-12(9-16(15)24-2)10-17-20-14(18(22)21-17)8-13-4-3-7-19-11-13/h3-9,11H,10H2,1-2H3,(H,20,21,22)/b14-8+. The van der Waals surface area contributed by atoms with Gasteiger partial charge in [-0.15, -0.1) is 0 Å². The minimum absolute atomic E-state index is 0.214. The number of hydrogen-bond donors (Lipinski definition) is 1. The Kier molecular flexibility index (Phi) is 4.56. The third-order valence-corrected chi connectivity index (χ3v) is 3.55. The van der Waals surface area contributed by atoms with Crippen molar-refractivity contribution in [1.82, 2.24) is 10.3 Å². The highest BCUT2D eigenvalue weighted by molar-refractivity contribution is 6.14. The van der Waals surface area contributed by atoms with Crippen molar-refractivity contribution < 1.29 is 14.3 Å². The maximum atomic E-state index is 12.0. The van der Waals surface area contributed by atoms with Gasteiger partial charge in [-0.3, -0.25) is 9.78 Å². The average Bonchev–Trinajstić information content (AvgIpc) is 2.94. The second kappa shape index (κ2) is 6.95. The van der Waals surface area contributed by atoms with Crippen molar-refractivity contribution >= 4 is 17.8 Å². The van der Waals surface area contributed by atoms with Crippen LogP contribution in [0.3, 0.4) is 0 Å². The van der Waals surface area contributed by atoms with Crippen LogP contribution in [-0.2, 0) is 11.2 Å². The number of nitrogens with zero attached hydrogens (tertiary/aromatic N) is 2. The van der Waals surface area contributed by atoms with Crippen LogP contribution < -0.4 is 14.8 Å². The van der Waals surface area contributed by atoms with Crippen LogP contribution in [0.15, 0.2) is 53.4 Å². The zero-order chi connectivity index (χ0) is 16.9. The van der Waals surface area contributed by atoms with Crippen molar-refractivity contribution in [2.24, 2.45) is 4.99 Å². The summed E-state index contributed by atoms with van der Waals surface area (Å²) in [5.74, 6) is 1.69. The molecule has 1 aliphatic rings. The molecule has 0 spiro atoms. The van der Waals surface area contributed by atoms with Gasteiger partial charge in [0, 0.05) is 18.8 Å². The highest BCUT2D eigenvalue weighted by Crippen LogP contribution is 2.28. The molecule has 1 aliphatic heterocycles. The van der Waals surface area contributed by atoms with Gasteiger partial charge in [0.1, 0.15) is 11.5 Å². The summed E-state index contributed by atoms with van der Waals surface area (Å²) in [6, 6.07) is 9.30. The number of hydrogen-bond acceptors (Lipinski definition) is 5. The number of carbonyl (C=O) groups excluding carboxylic acids is 1. The topological polar surface area (TPSA) is 72.8 Å². The lowest BCUT2D eigenvalue weighted by Gasteiger charge is -2.09. The molecule has 6 heteroatoms. The first-order valence-corrected chi connectivity index (χ1v) is 7.41. The van der Waals surface area contributed by atoms with Crippen LogP contribution in [0, 0.1) is 0 Å². The normalized spacial score (nSPS) is 15.2. The molecule has 0 aliphatic carbocycles. The molecule has 1 aromatic carbocycles. The van der Waals surface area contributed by atoms with Crippen LogP contribution in [0.2, 0.25) is 0 Å². The Hall–Kier alpha value is -3.15. The van der Waals surface area contributed by atoms with Crippen LogP contribution in [0.25, 0.3) is 6.08 Å². The number of aliphatic imine (C=N–C) groups is 1. The van der Waals surface area contributed by atoms with Crippen LogP contribution in [0.5, 0.6) is 11.5 Å². The van der Waals surface area contributed by atoms with E-state index in [0.717, 1.165) is 11.1 Å². The summed E-state index contributed by atoms with van der Waals surface area (Å²) in [6.45, 7) is 0. The summed E-state index contributed by atoms with van der Waals surface area (Å²) < 4.78 is 10.5. The third kappa shape index (κ3) is 3.43. The second-order valence-corrected chi connectivity index (χ2v) is 5.19. The molecule has 0 saturated heterocycles. The Morgan fingerprint density at radius 1 is 1.17 bits per heavy atom. The lowest BCUT2D eigenvalue weighted by Crippen LogP contribution is -2.25. The van der Waals surface area contributed by atoms with E-state index >= 15 is 0 Å². The number of rotatable bonds is 5. The van der Waals surface area contributed by atoms with Gasteiger partial charge in [0.2, 0.25) is 0 Å². The van der Waals surface area contributed by atoms with Gasteiger partial charge in [-0.2, -0.15) is 0 Å². The Bertz CT molecular complexity index is 814. The van der Waals surface area contributed by atoms with Gasteiger partial charge in [-0.05, 0) is 35.4 Å². The monoisotopic (exact) mass is 323 g/mol. The number of methoxy groups -OCH3 is 2. The predicted octanol–water partition coefficient (Wildman–Crippen LogP) is 2.21. The number of ether oxygens (including phenoxy) is 2. The molecule has 1 N–H and O–H groups in total. The zero-order valence-electron chi connectivity index (χ0n) is 13.4. The van der Waals surface area contributed by atoms with Gasteiger partial charge in [0.05, 0.1) is 14.2 Å². The van der Waals surface area contributed by atoms with E-state index in [1.807, 2.05) is 30.3 Å². The molecule has 0 radical (unpaired) electrons. The molecule has 122 valence electrons. The zero-order valence-corrected chi connectivity index (χ0v) is 13.4. The van der Waals surface area contributed by atoms with Crippen LogP contribution in [0.4, 0.5) is 0 Å². The molecule has 6 nitrogen and oxygen atoms in total. The van der Waals surface area contributed by atoms with Gasteiger partial charge < -0.3 is 14.8 Å². The number of benzene rings is 1. The molecule has 2 heterocycles. The van der Waals surface area contributed by atoms with Crippen LogP contribution in [-0.4, -0.2) is 30.9 Å². The van der Waals surface area contributed by atoms with Crippen molar-refractivity contribution in [2.75, 3.05) is 14.2 Å². The fourth-order valence-corrected chi connectivity index (χ4v) is 2.40. The fraction of sp³-hybridized carbons (Fsp3) is 0.167. The quantitative estimate of drug-likeness (QED) is 0.856. The lowest BCUT2D eigenvalue weighted by molar-refractivity contribution is -0.115. The van der Waals surface area contributed by atoms with Gasteiger partial charge in [-0.1, -0.05) is 12.1 Å². The molecular formula is C18H17N3O3. The Morgan fingerprint density at radius 2 is 2.00 bits per heavy atom. The largest absolute Gasteiger partial charge is 0.493 e. The summed E-state index contributed by atoms with van der Waals surface area (Å²) in [5.41, 5.74) is 2.17. The minimum atomic E-state index is -0.214. The van der Waals surface area contributed by atoms with Gasteiger partial charge >= 0.3 is 0 Å². The molecule has 24 heavy (non-hydrogen) atoms. The first-order chi connectivity index (χ1) is 11.7. The number of amides is 1. The van der Waals surface area contributed by atoms with E-state index in [0.29, 0.717) is 29.5 Å². The molecule has 0 saturated carbocycles. The Labute approximate surface area is 139 Å². The number of carbonyl (C=O) groups is 1. The third-order valence-electron chi connectivity index (χ3n) is 3.55. The SMILES string of the molecule is COc1ccc(CC2=N/C(=C/c3cccnc3)C(=O)N2)cc1OC. The molecular weight excluding hydrogens is 306 g/mol. The minimum Gasteiger partial charge on any atom is -0.493 e. The van der Waals surface area contributed by atoms with Gasteiger partial charge in [-0.25, -0.2) is 4.99 Å². The van der Waals surface area contributed by atoms with E-state index in [4.69, 9.17) is 9.47 Å². The molecule has 0 fully saturated rings. The number of amidine groups is 1. The van der Waals surface area contributed by atoms with Gasteiger partial charge in [0.25, 0.3) is 5.91 Å². The van der Waals surface area contributed by atoms with Crippen molar-refractivity contribution in [3.05, 3.63) is 59.5 Å². The van der Waals surface area contributed by atoms with Crippen LogP contribution >= 0.6 is 0 Å². The van der Waals surface area contributed by atoms with Crippen molar-refractivity contribution in [3.63, 3.8) is 0 Å². The summed E-state index contributed by atoms with van der Waals surface area (Å²) in [4.78, 5) is 20.4. The van der Waals surface area contributed by atoms with Gasteiger partial charge in [0.15, 0.2) is 11.5 Å². The molecule has 3 rings (SSSR count). The first-order valence-electron chi connectivity index (χ1n) is 7.41. The smallest absolute Gasteiger partial charge is 0.275 e. The van der Waals surface area contributed by atoms with Crippen molar-refractivity contribution in [3.8, 4) is 11.5 Å². The Balaban J connectivity index is 1.80. The predicted molar refractivity (Wildman–Crippen MR) is 91.0 cm³/mol. The number of pyridine rings is 1. The molecule has 1 amide bonds. The molecule has 1 aromatic heterocycles. The molecule has 2 aromatic rings. The number of aromatic nitrogens is 1. The second-order valence-electron chi connectivity index (χ2n) is 5.19. The highest BCUT2D eigenvalue weighted by Gasteiger charge is 2.20. The van der Waals surface area contributed by atoms with E-state index in [2.05, 4.69) is 15.3 Å². The summed E-state index contributed by atoms with van der Waals surface area (Å²) in [6.07, 6.45) is 5.57. The maximum Gasteiger partial charge on any atom is 0.275 e. The number of nitrogens with one attached hydrogen (secondary N) is 1.